The van der Waals surface area contributed by atoms with Crippen molar-refractivity contribution in [1.82, 2.24) is 14.1 Å². The first-order valence-corrected chi connectivity index (χ1v) is 6.76. The quantitative estimate of drug-likeness (QED) is 0.767. The van der Waals surface area contributed by atoms with Crippen molar-refractivity contribution in [2.45, 2.75) is 17.9 Å². The minimum absolute atomic E-state index is 0.0339. The Labute approximate surface area is 100 Å². The van der Waals surface area contributed by atoms with E-state index in [9.17, 15) is 8.42 Å². The van der Waals surface area contributed by atoms with Gasteiger partial charge in [-0.3, -0.25) is 4.68 Å². The molecule has 1 aromatic rings. The Morgan fingerprint density at radius 3 is 2.82 bits per heavy atom. The molecule has 1 unspecified atom stereocenters. The first kappa shape index (κ1) is 12.3. The van der Waals surface area contributed by atoms with Gasteiger partial charge in [0.15, 0.2) is 5.82 Å². The maximum absolute atomic E-state index is 12.3. The van der Waals surface area contributed by atoms with Crippen molar-refractivity contribution < 1.29 is 13.2 Å². The summed E-state index contributed by atoms with van der Waals surface area (Å²) < 4.78 is 32.7. The molecule has 0 aromatic carbocycles. The van der Waals surface area contributed by atoms with Crippen molar-refractivity contribution in [3.63, 3.8) is 0 Å². The number of sulfonamides is 1. The number of rotatable bonds is 2. The number of nitrogens with two attached hydrogens (primary N) is 1. The van der Waals surface area contributed by atoms with E-state index in [0.717, 1.165) is 0 Å². The lowest BCUT2D eigenvalue weighted by Gasteiger charge is -2.29. The zero-order valence-corrected chi connectivity index (χ0v) is 10.6. The van der Waals surface area contributed by atoms with Gasteiger partial charge in [0.25, 0.3) is 0 Å². The Hall–Kier alpha value is -1.12. The summed E-state index contributed by atoms with van der Waals surface area (Å²) in [6, 6.07) is 0. The van der Waals surface area contributed by atoms with Crippen molar-refractivity contribution >= 4 is 15.8 Å². The van der Waals surface area contributed by atoms with E-state index in [-0.39, 0.29) is 16.8 Å². The van der Waals surface area contributed by atoms with Crippen LogP contribution in [0.4, 0.5) is 5.82 Å². The number of nitrogens with zero attached hydrogens (tertiary/aromatic N) is 3. The van der Waals surface area contributed by atoms with Crippen LogP contribution in [0, 0.1) is 0 Å². The molecule has 1 saturated heterocycles. The smallest absolute Gasteiger partial charge is 0.248 e. The van der Waals surface area contributed by atoms with E-state index < -0.39 is 10.0 Å². The molecule has 17 heavy (non-hydrogen) atoms. The van der Waals surface area contributed by atoms with E-state index in [1.807, 2.05) is 6.92 Å². The predicted molar refractivity (Wildman–Crippen MR) is 61.8 cm³/mol. The molecule has 1 aliphatic rings. The molecule has 1 aromatic heterocycles. The van der Waals surface area contributed by atoms with Gasteiger partial charge in [-0.15, -0.1) is 0 Å². The molecular weight excluding hydrogens is 244 g/mol. The first-order valence-electron chi connectivity index (χ1n) is 5.32. The van der Waals surface area contributed by atoms with Gasteiger partial charge in [0.2, 0.25) is 10.0 Å². The highest BCUT2D eigenvalue weighted by atomic mass is 32.2. The summed E-state index contributed by atoms with van der Waals surface area (Å²) in [4.78, 5) is 0.0640. The maximum Gasteiger partial charge on any atom is 0.248 e. The summed E-state index contributed by atoms with van der Waals surface area (Å²) in [6.07, 6.45) is 1.32. The number of hydrogen-bond acceptors (Lipinski definition) is 5. The molecule has 0 bridgehead atoms. The molecule has 1 atom stereocenters. The van der Waals surface area contributed by atoms with Gasteiger partial charge in [-0.1, -0.05) is 0 Å². The average Bonchev–Trinajstić information content (AvgIpc) is 2.58. The third-order valence-corrected chi connectivity index (χ3v) is 4.53. The van der Waals surface area contributed by atoms with Gasteiger partial charge in [-0.05, 0) is 6.92 Å². The Balaban J connectivity index is 2.33. The lowest BCUT2D eigenvalue weighted by atomic mass is 10.3. The molecule has 0 amide bonds. The minimum atomic E-state index is -3.56. The number of ether oxygens (including phenoxy) is 1. The molecule has 2 N–H and O–H groups in total. The van der Waals surface area contributed by atoms with Crippen molar-refractivity contribution in [1.29, 1.82) is 0 Å². The molecule has 96 valence electrons. The Bertz CT molecular complexity index is 510. The monoisotopic (exact) mass is 260 g/mol. The van der Waals surface area contributed by atoms with E-state index in [4.69, 9.17) is 10.5 Å². The van der Waals surface area contributed by atoms with Crippen molar-refractivity contribution in [3.8, 4) is 0 Å². The van der Waals surface area contributed by atoms with Crippen molar-refractivity contribution in [2.24, 2.45) is 7.05 Å². The summed E-state index contributed by atoms with van der Waals surface area (Å²) in [6.45, 7) is 2.94. The molecule has 0 radical (unpaired) electrons. The second-order valence-electron chi connectivity index (χ2n) is 4.10. The van der Waals surface area contributed by atoms with Gasteiger partial charge in [0.1, 0.15) is 4.90 Å². The fourth-order valence-corrected chi connectivity index (χ4v) is 3.42. The molecule has 7 nitrogen and oxygen atoms in total. The van der Waals surface area contributed by atoms with E-state index in [2.05, 4.69) is 5.10 Å². The normalized spacial score (nSPS) is 22.8. The highest BCUT2D eigenvalue weighted by Crippen LogP contribution is 2.22. The molecule has 8 heteroatoms. The summed E-state index contributed by atoms with van der Waals surface area (Å²) in [5, 5.41) is 3.85. The summed E-state index contributed by atoms with van der Waals surface area (Å²) in [5.74, 6) is 0.0339. The topological polar surface area (TPSA) is 90.5 Å². The van der Waals surface area contributed by atoms with Gasteiger partial charge in [-0.2, -0.15) is 9.40 Å². The predicted octanol–water partition coefficient (Wildman–Crippen LogP) is -0.588. The number of hydrogen-bond donors (Lipinski definition) is 1. The molecule has 0 aliphatic carbocycles. The van der Waals surface area contributed by atoms with Crippen LogP contribution in [0.3, 0.4) is 0 Å². The van der Waals surface area contributed by atoms with Crippen LogP contribution in [-0.4, -0.2) is 48.3 Å². The standard InChI is InChI=1S/C9H16N4O3S/c1-7-5-13(3-4-16-7)17(14,15)8-6-12(2)11-9(8)10/h6-7H,3-5H2,1-2H3,(H2,10,11). The highest BCUT2D eigenvalue weighted by molar-refractivity contribution is 7.89. The van der Waals surface area contributed by atoms with Gasteiger partial charge >= 0.3 is 0 Å². The third kappa shape index (κ3) is 2.28. The largest absolute Gasteiger partial charge is 0.381 e. The molecule has 0 spiro atoms. The number of nitrogen functional groups attached to an aromatic ring is 1. The van der Waals surface area contributed by atoms with Gasteiger partial charge in [-0.25, -0.2) is 8.42 Å². The number of aryl methyl sites for hydroxylation is 1. The lowest BCUT2D eigenvalue weighted by Crippen LogP contribution is -2.44. The van der Waals surface area contributed by atoms with Crippen LogP contribution in [0.25, 0.3) is 0 Å². The molecule has 2 rings (SSSR count). The number of morpholine rings is 1. The fourth-order valence-electron chi connectivity index (χ4n) is 1.83. The number of aromatic nitrogens is 2. The van der Waals surface area contributed by atoms with Gasteiger partial charge < -0.3 is 10.5 Å². The maximum atomic E-state index is 12.3. The Morgan fingerprint density at radius 1 is 1.59 bits per heavy atom. The van der Waals surface area contributed by atoms with Gasteiger partial charge in [0, 0.05) is 26.3 Å². The van der Waals surface area contributed by atoms with E-state index in [0.29, 0.717) is 19.7 Å². The van der Waals surface area contributed by atoms with Crippen molar-refractivity contribution in [3.05, 3.63) is 6.20 Å². The number of anilines is 1. The Kier molecular flexibility index (Phi) is 3.11. The van der Waals surface area contributed by atoms with Crippen LogP contribution >= 0.6 is 0 Å². The molecule has 1 fully saturated rings. The highest BCUT2D eigenvalue weighted by Gasteiger charge is 2.31. The van der Waals surface area contributed by atoms with Crippen LogP contribution in [0.15, 0.2) is 11.1 Å². The Morgan fingerprint density at radius 2 is 2.29 bits per heavy atom. The van der Waals surface area contributed by atoms with Crippen LogP contribution in [0.5, 0.6) is 0 Å². The second-order valence-corrected chi connectivity index (χ2v) is 6.00. The fraction of sp³-hybridized carbons (Fsp3) is 0.667. The van der Waals surface area contributed by atoms with Crippen molar-refractivity contribution in [2.75, 3.05) is 25.4 Å². The summed E-state index contributed by atoms with van der Waals surface area (Å²) in [7, 11) is -1.92. The summed E-state index contributed by atoms with van der Waals surface area (Å²) in [5.41, 5.74) is 5.60. The molecule has 0 saturated carbocycles. The second kappa shape index (κ2) is 4.28. The zero-order valence-electron chi connectivity index (χ0n) is 9.83. The first-order chi connectivity index (χ1) is 7.91. The van der Waals surface area contributed by atoms with Crippen LogP contribution in [0.1, 0.15) is 6.92 Å². The average molecular weight is 260 g/mol. The van der Waals surface area contributed by atoms with Gasteiger partial charge in [0.05, 0.1) is 12.7 Å². The zero-order chi connectivity index (χ0) is 12.6. The van der Waals surface area contributed by atoms with Crippen LogP contribution < -0.4 is 5.73 Å². The molecule has 2 heterocycles. The van der Waals surface area contributed by atoms with E-state index >= 15 is 0 Å². The van der Waals surface area contributed by atoms with Crippen LogP contribution in [-0.2, 0) is 21.8 Å². The minimum Gasteiger partial charge on any atom is -0.381 e. The molecular formula is C9H16N4O3S. The van der Waals surface area contributed by atoms with E-state index in [1.165, 1.54) is 15.2 Å². The summed E-state index contributed by atoms with van der Waals surface area (Å²) >= 11 is 0. The molecule has 1 aliphatic heterocycles. The lowest BCUT2D eigenvalue weighted by molar-refractivity contribution is 0.0102. The SMILES string of the molecule is CC1CN(S(=O)(=O)c2cn(C)nc2N)CCO1. The third-order valence-electron chi connectivity index (χ3n) is 2.64. The van der Waals surface area contributed by atoms with Crippen LogP contribution in [0.2, 0.25) is 0 Å². The van der Waals surface area contributed by atoms with E-state index in [1.54, 1.807) is 7.05 Å².